The van der Waals surface area contributed by atoms with Crippen LogP contribution in [0.15, 0.2) is 29.2 Å². The van der Waals surface area contributed by atoms with Crippen LogP contribution in [0.4, 0.5) is 4.79 Å². The number of carbonyl (C=O) groups is 2. The van der Waals surface area contributed by atoms with E-state index in [4.69, 9.17) is 10.5 Å². The highest BCUT2D eigenvalue weighted by atomic mass is 32.2. The molecule has 4 N–H and O–H groups in total. The molecule has 1 heterocycles. The molecule has 0 aromatic heterocycles. The molecule has 1 aromatic carbocycles. The Morgan fingerprint density at radius 3 is 2.31 bits per heavy atom. The van der Waals surface area contributed by atoms with Gasteiger partial charge in [-0.1, -0.05) is 0 Å². The second kappa shape index (κ2) is 8.37. The summed E-state index contributed by atoms with van der Waals surface area (Å²) in [4.78, 5) is 23.0. The molecule has 0 saturated carbocycles. The zero-order chi connectivity index (χ0) is 19.3. The van der Waals surface area contributed by atoms with Crippen molar-refractivity contribution in [3.05, 3.63) is 24.3 Å². The lowest BCUT2D eigenvalue weighted by molar-refractivity contribution is -0.123. The maximum Gasteiger partial charge on any atom is 0.312 e. The van der Waals surface area contributed by atoms with E-state index >= 15 is 0 Å². The average molecular weight is 384 g/mol. The molecule has 1 aliphatic rings. The summed E-state index contributed by atoms with van der Waals surface area (Å²) >= 11 is 0. The largest absolute Gasteiger partial charge is 0.497 e. The van der Waals surface area contributed by atoms with Gasteiger partial charge in [-0.15, -0.1) is 0 Å². The number of piperidine rings is 1. The van der Waals surface area contributed by atoms with Crippen molar-refractivity contribution in [3.8, 4) is 5.75 Å². The fraction of sp³-hybridized carbons (Fsp3) is 0.500. The van der Waals surface area contributed by atoms with Gasteiger partial charge in [0, 0.05) is 19.1 Å². The summed E-state index contributed by atoms with van der Waals surface area (Å²) in [5, 5.41) is 5.11. The molecule has 0 radical (unpaired) electrons. The van der Waals surface area contributed by atoms with Crippen LogP contribution in [0.3, 0.4) is 0 Å². The number of amides is 3. The number of ether oxygens (including phenoxy) is 1. The molecule has 9 nitrogen and oxygen atoms in total. The van der Waals surface area contributed by atoms with Crippen molar-refractivity contribution in [2.24, 2.45) is 5.73 Å². The number of hydrogen-bond acceptors (Lipinski definition) is 5. The fourth-order valence-electron chi connectivity index (χ4n) is 2.74. The standard InChI is InChI=1S/C16H24N4O5S/c1-11(18-16(17)22)15(21)19-12-7-9-20(10-8-12)26(23,24)14-5-3-13(25-2)4-6-14/h3-6,11-12H,7-10H2,1-2H3,(H,19,21)(H3,17,18,22)/t11-/m0/s1. The van der Waals surface area contributed by atoms with Crippen LogP contribution in [-0.2, 0) is 14.8 Å². The summed E-state index contributed by atoms with van der Waals surface area (Å²) in [5.41, 5.74) is 4.99. The Bertz CT molecular complexity index is 742. The number of methoxy groups -OCH3 is 1. The van der Waals surface area contributed by atoms with Crippen molar-refractivity contribution in [1.82, 2.24) is 14.9 Å². The molecule has 1 aromatic rings. The van der Waals surface area contributed by atoms with E-state index in [1.165, 1.54) is 30.5 Å². The molecular weight excluding hydrogens is 360 g/mol. The van der Waals surface area contributed by atoms with Crippen LogP contribution in [-0.4, -0.2) is 56.9 Å². The number of hydrogen-bond donors (Lipinski definition) is 3. The van der Waals surface area contributed by atoms with Crippen molar-refractivity contribution in [2.45, 2.75) is 36.7 Å². The molecule has 3 amide bonds. The normalized spacial score (nSPS) is 17.3. The predicted molar refractivity (Wildman–Crippen MR) is 95.1 cm³/mol. The molecule has 1 atom stereocenters. The van der Waals surface area contributed by atoms with Gasteiger partial charge in [0.1, 0.15) is 11.8 Å². The van der Waals surface area contributed by atoms with Gasteiger partial charge >= 0.3 is 6.03 Å². The quantitative estimate of drug-likeness (QED) is 0.636. The maximum absolute atomic E-state index is 12.7. The summed E-state index contributed by atoms with van der Waals surface area (Å²) < 4.78 is 31.8. The molecule has 1 fully saturated rings. The Morgan fingerprint density at radius 1 is 1.23 bits per heavy atom. The second-order valence-corrected chi connectivity index (χ2v) is 8.03. The minimum Gasteiger partial charge on any atom is -0.497 e. The minimum absolute atomic E-state index is 0.151. The number of nitrogens with two attached hydrogens (primary N) is 1. The van der Waals surface area contributed by atoms with Crippen molar-refractivity contribution in [2.75, 3.05) is 20.2 Å². The lowest BCUT2D eigenvalue weighted by atomic mass is 10.1. The third-order valence-corrected chi connectivity index (χ3v) is 6.16. The van der Waals surface area contributed by atoms with Gasteiger partial charge in [0.05, 0.1) is 12.0 Å². The fourth-order valence-corrected chi connectivity index (χ4v) is 4.21. The number of urea groups is 1. The van der Waals surface area contributed by atoms with Crippen molar-refractivity contribution >= 4 is 22.0 Å². The molecule has 0 bridgehead atoms. The van der Waals surface area contributed by atoms with E-state index in [2.05, 4.69) is 10.6 Å². The highest BCUT2D eigenvalue weighted by molar-refractivity contribution is 7.89. The maximum atomic E-state index is 12.7. The van der Waals surface area contributed by atoms with Gasteiger partial charge < -0.3 is 21.1 Å². The summed E-state index contributed by atoms with van der Waals surface area (Å²) in [7, 11) is -2.06. The van der Waals surface area contributed by atoms with E-state index in [1.54, 1.807) is 12.1 Å². The Labute approximate surface area is 152 Å². The SMILES string of the molecule is COc1ccc(S(=O)(=O)N2CCC(NC(=O)[C@H](C)NC(N)=O)CC2)cc1. The number of benzene rings is 1. The van der Waals surface area contributed by atoms with Crippen molar-refractivity contribution in [3.63, 3.8) is 0 Å². The monoisotopic (exact) mass is 384 g/mol. The molecule has 1 aliphatic heterocycles. The zero-order valence-corrected chi connectivity index (χ0v) is 15.6. The van der Waals surface area contributed by atoms with Crippen LogP contribution in [0.5, 0.6) is 5.75 Å². The van der Waals surface area contributed by atoms with Crippen LogP contribution < -0.4 is 21.1 Å². The predicted octanol–water partition coefficient (Wildman–Crippen LogP) is 0.0213. The number of sulfonamides is 1. The van der Waals surface area contributed by atoms with Gasteiger partial charge in [-0.25, -0.2) is 13.2 Å². The van der Waals surface area contributed by atoms with E-state index in [0.29, 0.717) is 31.7 Å². The van der Waals surface area contributed by atoms with Crippen LogP contribution in [0.1, 0.15) is 19.8 Å². The van der Waals surface area contributed by atoms with Gasteiger partial charge in [-0.3, -0.25) is 4.79 Å². The molecule has 0 spiro atoms. The smallest absolute Gasteiger partial charge is 0.312 e. The van der Waals surface area contributed by atoms with Crippen molar-refractivity contribution < 1.29 is 22.7 Å². The van der Waals surface area contributed by atoms with Crippen LogP contribution in [0, 0.1) is 0 Å². The van der Waals surface area contributed by atoms with Crippen LogP contribution >= 0.6 is 0 Å². The van der Waals surface area contributed by atoms with Gasteiger partial charge in [0.25, 0.3) is 0 Å². The number of rotatable bonds is 6. The van der Waals surface area contributed by atoms with Gasteiger partial charge in [-0.2, -0.15) is 4.31 Å². The van der Waals surface area contributed by atoms with Crippen molar-refractivity contribution in [1.29, 1.82) is 0 Å². The molecule has 26 heavy (non-hydrogen) atoms. The Balaban J connectivity index is 1.92. The number of nitrogens with one attached hydrogen (secondary N) is 2. The Kier molecular flexibility index (Phi) is 6.43. The lowest BCUT2D eigenvalue weighted by Gasteiger charge is -2.32. The van der Waals surface area contributed by atoms with E-state index in [-0.39, 0.29) is 16.8 Å². The topological polar surface area (TPSA) is 131 Å². The molecule has 0 aliphatic carbocycles. The molecule has 2 rings (SSSR count). The first-order valence-electron chi connectivity index (χ1n) is 8.24. The van der Waals surface area contributed by atoms with Crippen LogP contribution in [0.25, 0.3) is 0 Å². The number of primary amides is 1. The molecule has 10 heteroatoms. The van der Waals surface area contributed by atoms with Crippen LogP contribution in [0.2, 0.25) is 0 Å². The molecule has 0 unspecified atom stereocenters. The summed E-state index contributed by atoms with van der Waals surface area (Å²) in [6.07, 6.45) is 0.981. The molecular formula is C16H24N4O5S. The highest BCUT2D eigenvalue weighted by Crippen LogP contribution is 2.22. The molecule has 144 valence electrons. The van der Waals surface area contributed by atoms with E-state index in [1.807, 2.05) is 0 Å². The first-order valence-corrected chi connectivity index (χ1v) is 9.68. The van der Waals surface area contributed by atoms with Gasteiger partial charge in [0.2, 0.25) is 15.9 Å². The second-order valence-electron chi connectivity index (χ2n) is 6.09. The van der Waals surface area contributed by atoms with E-state index in [0.717, 1.165) is 0 Å². The third-order valence-electron chi connectivity index (χ3n) is 4.25. The van der Waals surface area contributed by atoms with E-state index in [9.17, 15) is 18.0 Å². The number of carbonyl (C=O) groups excluding carboxylic acids is 2. The highest BCUT2D eigenvalue weighted by Gasteiger charge is 2.30. The van der Waals surface area contributed by atoms with Gasteiger partial charge in [0.15, 0.2) is 0 Å². The Morgan fingerprint density at radius 2 is 1.81 bits per heavy atom. The number of nitrogens with zero attached hydrogens (tertiary/aromatic N) is 1. The van der Waals surface area contributed by atoms with E-state index < -0.39 is 22.1 Å². The third kappa shape index (κ3) is 4.85. The lowest BCUT2D eigenvalue weighted by Crippen LogP contribution is -2.52. The Hall–Kier alpha value is -2.33. The summed E-state index contributed by atoms with van der Waals surface area (Å²) in [6, 6.07) is 4.57. The zero-order valence-electron chi connectivity index (χ0n) is 14.8. The summed E-state index contributed by atoms with van der Waals surface area (Å²) in [5.74, 6) is 0.240. The van der Waals surface area contributed by atoms with Gasteiger partial charge in [-0.05, 0) is 44.0 Å². The summed E-state index contributed by atoms with van der Waals surface area (Å²) in [6.45, 7) is 2.14. The first-order chi connectivity index (χ1) is 12.2. The average Bonchev–Trinajstić information content (AvgIpc) is 2.61. The molecule has 1 saturated heterocycles. The minimum atomic E-state index is -3.58. The first kappa shape index (κ1) is 20.0.